The van der Waals surface area contributed by atoms with Crippen molar-refractivity contribution in [3.8, 4) is 0 Å². The number of carbonyl (C=O) groups excluding carboxylic acids is 1. The van der Waals surface area contributed by atoms with E-state index in [1.807, 2.05) is 4.98 Å². The quantitative estimate of drug-likeness (QED) is 0.242. The van der Waals surface area contributed by atoms with Gasteiger partial charge in [0.25, 0.3) is 5.56 Å². The van der Waals surface area contributed by atoms with E-state index in [1.54, 1.807) is 0 Å². The predicted octanol–water partition coefficient (Wildman–Crippen LogP) is -3.02. The number of phosphoric acid groups is 1. The highest BCUT2D eigenvalue weighted by molar-refractivity contribution is 7.46. The van der Waals surface area contributed by atoms with Gasteiger partial charge in [0.15, 0.2) is 6.23 Å². The van der Waals surface area contributed by atoms with E-state index in [-0.39, 0.29) is 5.56 Å². The van der Waals surface area contributed by atoms with Crippen LogP contribution in [0.2, 0.25) is 0 Å². The highest BCUT2D eigenvalue weighted by Crippen LogP contribution is 2.38. The Morgan fingerprint density at radius 1 is 1.35 bits per heavy atom. The van der Waals surface area contributed by atoms with E-state index in [4.69, 9.17) is 14.5 Å². The third-order valence-corrected chi connectivity index (χ3v) is 4.11. The molecular weight excluding hydrogens is 379 g/mol. The third-order valence-electron chi connectivity index (χ3n) is 3.62. The molecule has 1 saturated heterocycles. The van der Waals surface area contributed by atoms with Crippen molar-refractivity contribution in [1.29, 1.82) is 0 Å². The molecule has 2 heterocycles. The fourth-order valence-corrected chi connectivity index (χ4v) is 2.68. The van der Waals surface area contributed by atoms with Gasteiger partial charge in [0, 0.05) is 11.8 Å². The van der Waals surface area contributed by atoms with E-state index in [0.29, 0.717) is 0 Å². The molecular formula is C12H17N2O11P. The molecule has 0 aliphatic carbocycles. The van der Waals surface area contributed by atoms with E-state index < -0.39 is 62.6 Å². The number of nitrogens with zero attached hydrogens (tertiary/aromatic N) is 1. The van der Waals surface area contributed by atoms with Crippen molar-refractivity contribution in [2.24, 2.45) is 0 Å². The van der Waals surface area contributed by atoms with Gasteiger partial charge in [-0.2, -0.15) is 0 Å². The van der Waals surface area contributed by atoms with Crippen LogP contribution in [0.4, 0.5) is 0 Å². The van der Waals surface area contributed by atoms with Crippen LogP contribution in [0.5, 0.6) is 0 Å². The van der Waals surface area contributed by atoms with Gasteiger partial charge in [0.05, 0.1) is 20.1 Å². The molecule has 0 radical (unpaired) electrons. The average molecular weight is 396 g/mol. The zero-order valence-electron chi connectivity index (χ0n) is 13.3. The summed E-state index contributed by atoms with van der Waals surface area (Å²) in [5.41, 5.74) is -1.99. The number of aliphatic hydroxyl groups excluding tert-OH is 2. The lowest BCUT2D eigenvalue weighted by atomic mass is 10.1. The van der Waals surface area contributed by atoms with Gasteiger partial charge in [-0.3, -0.25) is 23.7 Å². The summed E-state index contributed by atoms with van der Waals surface area (Å²) < 4.78 is 25.4. The summed E-state index contributed by atoms with van der Waals surface area (Å²) in [5, 5.41) is 20.0. The molecule has 4 atom stereocenters. The molecule has 0 spiro atoms. The van der Waals surface area contributed by atoms with Crippen molar-refractivity contribution in [1.82, 2.24) is 9.55 Å². The molecule has 14 heteroatoms. The summed E-state index contributed by atoms with van der Waals surface area (Å²) in [5.74, 6) is -0.749. The molecule has 1 aliphatic rings. The smallest absolute Gasteiger partial charge is 0.469 e. The maximum Gasteiger partial charge on any atom is 0.469 e. The Morgan fingerprint density at radius 3 is 2.58 bits per heavy atom. The van der Waals surface area contributed by atoms with Crippen molar-refractivity contribution in [2.75, 3.05) is 13.7 Å². The maximum atomic E-state index is 12.0. The second-order valence-electron chi connectivity index (χ2n) is 5.41. The van der Waals surface area contributed by atoms with Crippen LogP contribution in [0.15, 0.2) is 15.8 Å². The van der Waals surface area contributed by atoms with Gasteiger partial charge < -0.3 is 29.5 Å². The fourth-order valence-electron chi connectivity index (χ4n) is 2.34. The molecule has 0 unspecified atom stereocenters. The molecule has 13 nitrogen and oxygen atoms in total. The van der Waals surface area contributed by atoms with E-state index in [9.17, 15) is 29.2 Å². The lowest BCUT2D eigenvalue weighted by Gasteiger charge is -2.18. The molecule has 1 aromatic heterocycles. The summed E-state index contributed by atoms with van der Waals surface area (Å²) in [6.07, 6.45) is -5.64. The number of ether oxygens (including phenoxy) is 2. The first-order chi connectivity index (χ1) is 12.0. The van der Waals surface area contributed by atoms with Gasteiger partial charge in [-0.25, -0.2) is 9.36 Å². The van der Waals surface area contributed by atoms with Crippen molar-refractivity contribution in [2.45, 2.75) is 31.0 Å². The van der Waals surface area contributed by atoms with Gasteiger partial charge in [-0.1, -0.05) is 0 Å². The number of carbonyl (C=O) groups is 1. The molecule has 0 bridgehead atoms. The molecule has 26 heavy (non-hydrogen) atoms. The number of methoxy groups -OCH3 is 1. The lowest BCUT2D eigenvalue weighted by Crippen LogP contribution is -2.39. The van der Waals surface area contributed by atoms with Gasteiger partial charge >= 0.3 is 19.5 Å². The van der Waals surface area contributed by atoms with Crippen LogP contribution in [-0.2, 0) is 29.8 Å². The Bertz CT molecular complexity index is 827. The van der Waals surface area contributed by atoms with E-state index in [2.05, 4.69) is 9.26 Å². The molecule has 0 saturated carbocycles. The van der Waals surface area contributed by atoms with Crippen molar-refractivity contribution in [3.63, 3.8) is 0 Å². The minimum atomic E-state index is -4.84. The van der Waals surface area contributed by atoms with Crippen molar-refractivity contribution < 1.29 is 43.4 Å². The van der Waals surface area contributed by atoms with E-state index in [1.165, 1.54) is 0 Å². The summed E-state index contributed by atoms with van der Waals surface area (Å²) in [7, 11) is -3.73. The highest BCUT2D eigenvalue weighted by atomic mass is 31.2. The molecule has 0 amide bonds. The lowest BCUT2D eigenvalue weighted by molar-refractivity contribution is -0.139. The molecule has 2 rings (SSSR count). The number of hydrogen-bond donors (Lipinski definition) is 5. The maximum absolute atomic E-state index is 12.0. The molecule has 146 valence electrons. The second-order valence-corrected chi connectivity index (χ2v) is 6.65. The Morgan fingerprint density at radius 2 is 2.00 bits per heavy atom. The van der Waals surface area contributed by atoms with Crippen LogP contribution in [0.1, 0.15) is 11.8 Å². The van der Waals surface area contributed by atoms with E-state index in [0.717, 1.165) is 17.9 Å². The molecule has 5 N–H and O–H groups in total. The van der Waals surface area contributed by atoms with Gasteiger partial charge in [-0.05, 0) is 0 Å². The Balaban J connectivity index is 2.28. The molecule has 0 aromatic carbocycles. The van der Waals surface area contributed by atoms with Crippen LogP contribution in [0.25, 0.3) is 0 Å². The van der Waals surface area contributed by atoms with Crippen LogP contribution in [-0.4, -0.2) is 67.5 Å². The Kier molecular flexibility index (Phi) is 6.13. The topological polar surface area (TPSA) is 198 Å². The SMILES string of the molecule is COC(=O)Cc1cn([C@@H]2O[C@H](COP(=O)(O)O)[C@@H](O)[C@H]2O)c(=O)[nH]c1=O. The zero-order chi connectivity index (χ0) is 19.6. The van der Waals surface area contributed by atoms with Crippen LogP contribution >= 0.6 is 7.82 Å². The first kappa shape index (κ1) is 20.5. The summed E-state index contributed by atoms with van der Waals surface area (Å²) in [4.78, 5) is 54.3. The third kappa shape index (κ3) is 4.65. The van der Waals surface area contributed by atoms with Crippen molar-refractivity contribution >= 4 is 13.8 Å². The van der Waals surface area contributed by atoms with Crippen LogP contribution in [0.3, 0.4) is 0 Å². The van der Waals surface area contributed by atoms with Crippen LogP contribution in [0, 0.1) is 0 Å². The zero-order valence-corrected chi connectivity index (χ0v) is 14.2. The Labute approximate surface area is 145 Å². The number of nitrogens with one attached hydrogen (secondary N) is 1. The Hall–Kier alpha value is -1.86. The minimum Gasteiger partial charge on any atom is -0.469 e. The van der Waals surface area contributed by atoms with Crippen molar-refractivity contribution in [3.05, 3.63) is 32.6 Å². The average Bonchev–Trinajstić information content (AvgIpc) is 2.82. The highest BCUT2D eigenvalue weighted by Gasteiger charge is 2.45. The number of rotatable bonds is 6. The number of hydrogen-bond acceptors (Lipinski definition) is 9. The standard InChI is InChI=1S/C12H17N2O11P/c1-23-7(15)2-5-3-14(12(19)13-10(5)18)11-9(17)8(16)6(25-11)4-24-26(20,21)22/h3,6,8-9,11,16-17H,2,4H2,1H3,(H,13,18,19)(H2,20,21,22)/t6-,8-,9-,11-/m1/s1. The summed E-state index contributed by atoms with van der Waals surface area (Å²) in [6, 6.07) is 0. The minimum absolute atomic E-state index is 0.156. The summed E-state index contributed by atoms with van der Waals surface area (Å²) >= 11 is 0. The second kappa shape index (κ2) is 7.80. The monoisotopic (exact) mass is 396 g/mol. The normalized spacial score (nSPS) is 26.0. The predicted molar refractivity (Wildman–Crippen MR) is 81.0 cm³/mol. The molecule has 1 aliphatic heterocycles. The number of phosphoric ester groups is 1. The first-order valence-corrected chi connectivity index (χ1v) is 8.69. The molecule has 1 fully saturated rings. The number of H-pyrrole nitrogens is 1. The number of aliphatic hydroxyl groups is 2. The number of aromatic nitrogens is 2. The van der Waals surface area contributed by atoms with Gasteiger partial charge in [0.1, 0.15) is 18.3 Å². The van der Waals surface area contributed by atoms with Gasteiger partial charge in [0.2, 0.25) is 0 Å². The van der Waals surface area contributed by atoms with E-state index >= 15 is 0 Å². The number of esters is 1. The number of aromatic amines is 1. The van der Waals surface area contributed by atoms with Gasteiger partial charge in [-0.15, -0.1) is 0 Å². The molecule has 1 aromatic rings. The summed E-state index contributed by atoms with van der Waals surface area (Å²) in [6.45, 7) is -0.758. The first-order valence-electron chi connectivity index (χ1n) is 7.16. The fraction of sp³-hybridized carbons (Fsp3) is 0.583. The van der Waals surface area contributed by atoms with Crippen LogP contribution < -0.4 is 11.2 Å². The largest absolute Gasteiger partial charge is 0.469 e.